The molecular weight excluding hydrogens is 231 g/mol. The summed E-state index contributed by atoms with van der Waals surface area (Å²) in [6.07, 6.45) is 1.89. The molecule has 0 atom stereocenters. The topological polar surface area (TPSA) is 17.8 Å². The lowest BCUT2D eigenvalue weighted by molar-refractivity contribution is 0.352. The molecule has 0 spiro atoms. The third-order valence-corrected chi connectivity index (χ3v) is 4.11. The molecular formula is C11H18Cl2N2. The fourth-order valence-electron chi connectivity index (χ4n) is 1.66. The van der Waals surface area contributed by atoms with Gasteiger partial charge in [-0.15, -0.1) is 23.2 Å². The minimum absolute atomic E-state index is 0.00332. The minimum atomic E-state index is 0.00332. The highest BCUT2D eigenvalue weighted by molar-refractivity contribution is 6.21. The Kier molecular flexibility index (Phi) is 4.47. The molecule has 0 aliphatic carbocycles. The Morgan fingerprint density at radius 1 is 1.40 bits per heavy atom. The highest BCUT2D eigenvalue weighted by Crippen LogP contribution is 2.30. The van der Waals surface area contributed by atoms with Crippen molar-refractivity contribution in [2.24, 2.45) is 12.5 Å². The van der Waals surface area contributed by atoms with E-state index in [4.69, 9.17) is 23.2 Å². The Labute approximate surface area is 102 Å². The normalized spacial score (nSPS) is 12.1. The lowest BCUT2D eigenvalue weighted by Gasteiger charge is -2.27. The van der Waals surface area contributed by atoms with Crippen LogP contribution in [-0.2, 0) is 13.5 Å². The van der Waals surface area contributed by atoms with E-state index in [0.717, 1.165) is 18.5 Å². The van der Waals surface area contributed by atoms with Gasteiger partial charge in [0.25, 0.3) is 0 Å². The SMILES string of the molecule is CCC(CCl)(CCl)Cc1cc(C)nn1C. The highest BCUT2D eigenvalue weighted by atomic mass is 35.5. The molecule has 1 aromatic rings. The van der Waals surface area contributed by atoms with Crippen molar-refractivity contribution in [3.8, 4) is 0 Å². The van der Waals surface area contributed by atoms with Gasteiger partial charge in [0.05, 0.1) is 5.69 Å². The van der Waals surface area contributed by atoms with Gasteiger partial charge in [-0.1, -0.05) is 6.92 Å². The van der Waals surface area contributed by atoms with E-state index < -0.39 is 0 Å². The van der Waals surface area contributed by atoms with Gasteiger partial charge < -0.3 is 0 Å². The van der Waals surface area contributed by atoms with E-state index in [-0.39, 0.29) is 5.41 Å². The summed E-state index contributed by atoms with van der Waals surface area (Å²) < 4.78 is 1.92. The zero-order valence-corrected chi connectivity index (χ0v) is 11.1. The molecule has 4 heteroatoms. The monoisotopic (exact) mass is 248 g/mol. The first-order valence-electron chi connectivity index (χ1n) is 5.18. The summed E-state index contributed by atoms with van der Waals surface area (Å²) in [7, 11) is 1.96. The van der Waals surface area contributed by atoms with Crippen molar-refractivity contribution in [3.05, 3.63) is 17.5 Å². The molecule has 0 radical (unpaired) electrons. The maximum Gasteiger partial charge on any atom is 0.0596 e. The molecule has 1 rings (SSSR count). The average Bonchev–Trinajstić information content (AvgIpc) is 2.54. The number of rotatable bonds is 5. The molecule has 0 aliphatic heterocycles. The van der Waals surface area contributed by atoms with E-state index in [9.17, 15) is 0 Å². The number of aryl methyl sites for hydroxylation is 2. The summed E-state index contributed by atoms with van der Waals surface area (Å²) in [5.74, 6) is 1.19. The second-order valence-electron chi connectivity index (χ2n) is 4.20. The summed E-state index contributed by atoms with van der Waals surface area (Å²) in [4.78, 5) is 0. The molecule has 0 saturated heterocycles. The molecule has 0 saturated carbocycles. The van der Waals surface area contributed by atoms with E-state index in [0.29, 0.717) is 11.8 Å². The van der Waals surface area contributed by atoms with Crippen LogP contribution in [-0.4, -0.2) is 21.5 Å². The van der Waals surface area contributed by atoms with Gasteiger partial charge in [-0.3, -0.25) is 4.68 Å². The summed E-state index contributed by atoms with van der Waals surface area (Å²) in [6, 6.07) is 2.10. The fourth-order valence-corrected chi connectivity index (χ4v) is 2.51. The Balaban J connectivity index is 2.87. The number of hydrogen-bond acceptors (Lipinski definition) is 1. The molecule has 86 valence electrons. The maximum atomic E-state index is 6.02. The standard InChI is InChI=1S/C11H18Cl2N2/c1-4-11(7-12,8-13)6-10-5-9(2)14-15(10)3/h5H,4,6-8H2,1-3H3. The largest absolute Gasteiger partial charge is 0.272 e. The quantitative estimate of drug-likeness (QED) is 0.733. The van der Waals surface area contributed by atoms with Crippen molar-refractivity contribution < 1.29 is 0 Å². The van der Waals surface area contributed by atoms with Crippen molar-refractivity contribution in [1.82, 2.24) is 9.78 Å². The van der Waals surface area contributed by atoms with E-state index in [2.05, 4.69) is 18.1 Å². The molecule has 1 heterocycles. The lowest BCUT2D eigenvalue weighted by Crippen LogP contribution is -2.28. The Morgan fingerprint density at radius 2 is 2.00 bits per heavy atom. The average molecular weight is 249 g/mol. The molecule has 0 amide bonds. The number of alkyl halides is 2. The van der Waals surface area contributed by atoms with Crippen LogP contribution in [0.4, 0.5) is 0 Å². The predicted octanol–water partition coefficient (Wildman–Crippen LogP) is 3.15. The van der Waals surface area contributed by atoms with Crippen LogP contribution in [0.2, 0.25) is 0 Å². The maximum absolute atomic E-state index is 6.02. The van der Waals surface area contributed by atoms with Crippen molar-refractivity contribution in [2.75, 3.05) is 11.8 Å². The molecule has 0 unspecified atom stereocenters. The first kappa shape index (κ1) is 12.9. The van der Waals surface area contributed by atoms with E-state index in [1.54, 1.807) is 0 Å². The van der Waals surface area contributed by atoms with Crippen LogP contribution in [0.25, 0.3) is 0 Å². The first-order valence-corrected chi connectivity index (χ1v) is 6.25. The third-order valence-electron chi connectivity index (χ3n) is 2.97. The molecule has 0 aliphatic rings. The Hall–Kier alpha value is -0.210. The Morgan fingerprint density at radius 3 is 2.33 bits per heavy atom. The lowest BCUT2D eigenvalue weighted by atomic mass is 9.84. The zero-order valence-electron chi connectivity index (χ0n) is 9.56. The summed E-state index contributed by atoms with van der Waals surface area (Å²) >= 11 is 12.0. The van der Waals surface area contributed by atoms with Gasteiger partial charge in [0.2, 0.25) is 0 Å². The minimum Gasteiger partial charge on any atom is -0.272 e. The molecule has 0 bridgehead atoms. The van der Waals surface area contributed by atoms with Gasteiger partial charge in [0, 0.05) is 29.9 Å². The zero-order chi connectivity index (χ0) is 11.5. The second kappa shape index (κ2) is 5.22. The second-order valence-corrected chi connectivity index (χ2v) is 4.73. The van der Waals surface area contributed by atoms with Crippen molar-refractivity contribution in [1.29, 1.82) is 0 Å². The van der Waals surface area contributed by atoms with Crippen LogP contribution in [0.1, 0.15) is 24.7 Å². The smallest absolute Gasteiger partial charge is 0.0596 e. The van der Waals surface area contributed by atoms with Crippen LogP contribution >= 0.6 is 23.2 Å². The van der Waals surface area contributed by atoms with E-state index in [1.807, 2.05) is 18.7 Å². The molecule has 1 aromatic heterocycles. The van der Waals surface area contributed by atoms with Crippen LogP contribution in [0, 0.1) is 12.3 Å². The summed E-state index contributed by atoms with van der Waals surface area (Å²) in [6.45, 7) is 4.13. The summed E-state index contributed by atoms with van der Waals surface area (Å²) in [5, 5.41) is 4.33. The van der Waals surface area contributed by atoms with Gasteiger partial charge in [-0.25, -0.2) is 0 Å². The van der Waals surface area contributed by atoms with E-state index >= 15 is 0 Å². The van der Waals surface area contributed by atoms with Crippen molar-refractivity contribution >= 4 is 23.2 Å². The Bertz CT molecular complexity index is 308. The van der Waals surface area contributed by atoms with Gasteiger partial charge >= 0.3 is 0 Å². The van der Waals surface area contributed by atoms with E-state index in [1.165, 1.54) is 5.69 Å². The van der Waals surface area contributed by atoms with Gasteiger partial charge in [-0.05, 0) is 25.8 Å². The van der Waals surface area contributed by atoms with Gasteiger partial charge in [-0.2, -0.15) is 5.10 Å². The van der Waals surface area contributed by atoms with Crippen LogP contribution < -0.4 is 0 Å². The number of aromatic nitrogens is 2. The number of hydrogen-bond donors (Lipinski definition) is 0. The first-order chi connectivity index (χ1) is 7.06. The molecule has 0 fully saturated rings. The van der Waals surface area contributed by atoms with Crippen molar-refractivity contribution in [2.45, 2.75) is 26.7 Å². The number of halogens is 2. The third kappa shape index (κ3) is 2.88. The van der Waals surface area contributed by atoms with Gasteiger partial charge in [0.1, 0.15) is 0 Å². The predicted molar refractivity (Wildman–Crippen MR) is 65.8 cm³/mol. The molecule has 15 heavy (non-hydrogen) atoms. The van der Waals surface area contributed by atoms with Crippen LogP contribution in [0.3, 0.4) is 0 Å². The molecule has 2 nitrogen and oxygen atoms in total. The van der Waals surface area contributed by atoms with Crippen molar-refractivity contribution in [3.63, 3.8) is 0 Å². The fraction of sp³-hybridized carbons (Fsp3) is 0.727. The molecule has 0 aromatic carbocycles. The highest BCUT2D eigenvalue weighted by Gasteiger charge is 2.27. The van der Waals surface area contributed by atoms with Gasteiger partial charge in [0.15, 0.2) is 0 Å². The number of nitrogens with zero attached hydrogens (tertiary/aromatic N) is 2. The van der Waals surface area contributed by atoms with Crippen LogP contribution in [0.15, 0.2) is 6.07 Å². The summed E-state index contributed by atoms with van der Waals surface area (Å²) in [5.41, 5.74) is 2.25. The molecule has 0 N–H and O–H groups in total. The van der Waals surface area contributed by atoms with Crippen LogP contribution in [0.5, 0.6) is 0 Å².